The van der Waals surface area contributed by atoms with Gasteiger partial charge >= 0.3 is 0 Å². The molecule has 0 bridgehead atoms. The van der Waals surface area contributed by atoms with E-state index < -0.39 is 10.8 Å². The third-order valence-electron chi connectivity index (χ3n) is 2.19. The number of rotatable bonds is 5. The molecule has 0 spiro atoms. The molecule has 0 aliphatic rings. The fraction of sp³-hybridized carbons (Fsp3) is 0.417. The molecule has 0 saturated carbocycles. The number of Topliss-reactive ketones (excluding diaryl/α,β-unsaturated/α-hetero) is 1. The van der Waals surface area contributed by atoms with Crippen LogP contribution in [0.3, 0.4) is 0 Å². The number of carbonyl (C=O) groups is 1. The Hall–Kier alpha value is -0.670. The van der Waals surface area contributed by atoms with Gasteiger partial charge in [-0.15, -0.1) is 0 Å². The molecule has 0 aromatic heterocycles. The van der Waals surface area contributed by atoms with Gasteiger partial charge in [0.2, 0.25) is 0 Å². The molecule has 1 rings (SSSR count). The van der Waals surface area contributed by atoms with E-state index >= 15 is 0 Å². The molecule has 2 nitrogen and oxygen atoms in total. The fourth-order valence-electron chi connectivity index (χ4n) is 1.14. The van der Waals surface area contributed by atoms with Crippen molar-refractivity contribution in [2.45, 2.75) is 19.6 Å². The van der Waals surface area contributed by atoms with Crippen LogP contribution in [0.25, 0.3) is 0 Å². The van der Waals surface area contributed by atoms with Crippen molar-refractivity contribution in [3.05, 3.63) is 34.9 Å². The summed E-state index contributed by atoms with van der Waals surface area (Å²) in [4.78, 5) is 11.4. The Morgan fingerprint density at radius 3 is 2.38 bits per heavy atom. The van der Waals surface area contributed by atoms with Crippen LogP contribution in [-0.4, -0.2) is 15.7 Å². The van der Waals surface area contributed by atoms with Crippen LogP contribution in [-0.2, 0) is 21.3 Å². The summed E-state index contributed by atoms with van der Waals surface area (Å²) in [6.07, 6.45) is 0. The maximum Gasteiger partial charge on any atom is 0.147 e. The third-order valence-corrected chi connectivity index (χ3v) is 3.70. The zero-order valence-electron chi connectivity index (χ0n) is 9.40. The third kappa shape index (κ3) is 4.45. The van der Waals surface area contributed by atoms with E-state index in [0.717, 1.165) is 5.56 Å². The molecule has 0 aliphatic heterocycles. The van der Waals surface area contributed by atoms with Crippen molar-refractivity contribution >= 4 is 28.2 Å². The molecule has 1 aromatic carbocycles. The number of hydrogen-bond donors (Lipinski definition) is 0. The van der Waals surface area contributed by atoms with E-state index in [1.165, 1.54) is 0 Å². The largest absolute Gasteiger partial charge is 0.298 e. The topological polar surface area (TPSA) is 34.1 Å². The molecule has 0 aliphatic carbocycles. The monoisotopic (exact) mass is 258 g/mol. The molecule has 0 amide bonds. The minimum Gasteiger partial charge on any atom is -0.298 e. The van der Waals surface area contributed by atoms with E-state index in [1.807, 2.05) is 26.0 Å². The average molecular weight is 259 g/mol. The quantitative estimate of drug-likeness (QED) is 0.814. The number of ketones is 1. The molecule has 0 fully saturated rings. The molecule has 88 valence electrons. The van der Waals surface area contributed by atoms with Crippen LogP contribution < -0.4 is 0 Å². The van der Waals surface area contributed by atoms with E-state index in [9.17, 15) is 9.00 Å². The highest BCUT2D eigenvalue weighted by Gasteiger charge is 2.11. The van der Waals surface area contributed by atoms with Crippen LogP contribution in [0, 0.1) is 5.92 Å². The molecule has 1 atom stereocenters. The van der Waals surface area contributed by atoms with E-state index in [0.29, 0.717) is 10.8 Å². The summed E-state index contributed by atoms with van der Waals surface area (Å²) >= 11 is 5.74. The maximum absolute atomic E-state index is 11.7. The highest BCUT2D eigenvalue weighted by molar-refractivity contribution is 7.84. The molecule has 1 unspecified atom stereocenters. The lowest BCUT2D eigenvalue weighted by atomic mass is 10.1. The number of halogens is 1. The van der Waals surface area contributed by atoms with Crippen LogP contribution in [0.15, 0.2) is 24.3 Å². The van der Waals surface area contributed by atoms with Gasteiger partial charge in [-0.05, 0) is 17.7 Å². The van der Waals surface area contributed by atoms with Gasteiger partial charge < -0.3 is 0 Å². The SMILES string of the molecule is CC(C)C(=O)CS(=O)Cc1ccc(Cl)cc1. The van der Waals surface area contributed by atoms with Crippen molar-refractivity contribution in [3.8, 4) is 0 Å². The molecule has 16 heavy (non-hydrogen) atoms. The summed E-state index contributed by atoms with van der Waals surface area (Å²) in [6, 6.07) is 7.19. The molecular formula is C12H15ClO2S. The molecule has 0 radical (unpaired) electrons. The fourth-order valence-corrected chi connectivity index (χ4v) is 2.59. The number of benzene rings is 1. The second-order valence-corrected chi connectivity index (χ2v) is 5.87. The maximum atomic E-state index is 11.7. The molecule has 0 heterocycles. The highest BCUT2D eigenvalue weighted by atomic mass is 35.5. The Morgan fingerprint density at radius 1 is 1.31 bits per heavy atom. The van der Waals surface area contributed by atoms with Crippen LogP contribution in [0.5, 0.6) is 0 Å². The zero-order valence-corrected chi connectivity index (χ0v) is 11.0. The van der Waals surface area contributed by atoms with Gasteiger partial charge in [0.05, 0.1) is 5.75 Å². The summed E-state index contributed by atoms with van der Waals surface area (Å²) in [5.74, 6) is 0.553. The summed E-state index contributed by atoms with van der Waals surface area (Å²) in [6.45, 7) is 3.64. The predicted octanol–water partition coefficient (Wildman–Crippen LogP) is 2.81. The van der Waals surface area contributed by atoms with Gasteiger partial charge in [0.15, 0.2) is 0 Å². The zero-order chi connectivity index (χ0) is 12.1. The van der Waals surface area contributed by atoms with Gasteiger partial charge in [-0.2, -0.15) is 0 Å². The number of hydrogen-bond acceptors (Lipinski definition) is 2. The molecular weight excluding hydrogens is 244 g/mol. The van der Waals surface area contributed by atoms with Crippen LogP contribution in [0.2, 0.25) is 5.02 Å². The van der Waals surface area contributed by atoms with Crippen LogP contribution in [0.4, 0.5) is 0 Å². The van der Waals surface area contributed by atoms with Crippen molar-refractivity contribution in [2.24, 2.45) is 5.92 Å². The van der Waals surface area contributed by atoms with Crippen molar-refractivity contribution in [3.63, 3.8) is 0 Å². The highest BCUT2D eigenvalue weighted by Crippen LogP contribution is 2.11. The van der Waals surface area contributed by atoms with Crippen molar-refractivity contribution in [1.29, 1.82) is 0 Å². The minimum atomic E-state index is -1.12. The van der Waals surface area contributed by atoms with Gasteiger partial charge in [0.1, 0.15) is 5.78 Å². The Balaban J connectivity index is 2.52. The van der Waals surface area contributed by atoms with E-state index in [-0.39, 0.29) is 17.5 Å². The summed E-state index contributed by atoms with van der Waals surface area (Å²) in [5.41, 5.74) is 0.944. The van der Waals surface area contributed by atoms with Crippen LogP contribution >= 0.6 is 11.6 Å². The Kier molecular flexibility index (Phi) is 5.16. The van der Waals surface area contributed by atoms with Crippen LogP contribution in [0.1, 0.15) is 19.4 Å². The Bertz CT molecular complexity index is 385. The molecule has 1 aromatic rings. The lowest BCUT2D eigenvalue weighted by molar-refractivity contribution is -0.119. The van der Waals surface area contributed by atoms with E-state index in [2.05, 4.69) is 0 Å². The lowest BCUT2D eigenvalue weighted by Gasteiger charge is -2.04. The van der Waals surface area contributed by atoms with Gasteiger partial charge in [-0.1, -0.05) is 37.6 Å². The second kappa shape index (κ2) is 6.16. The van der Waals surface area contributed by atoms with Gasteiger partial charge in [-0.25, -0.2) is 0 Å². The van der Waals surface area contributed by atoms with Crippen molar-refractivity contribution in [1.82, 2.24) is 0 Å². The number of carbonyl (C=O) groups excluding carboxylic acids is 1. The summed E-state index contributed by atoms with van der Waals surface area (Å²) in [7, 11) is -1.12. The Labute approximate surface area is 103 Å². The molecule has 0 N–H and O–H groups in total. The standard InChI is InChI=1S/C12H15ClO2S/c1-9(2)12(14)8-16(15)7-10-3-5-11(13)6-4-10/h3-6,9H,7-8H2,1-2H3. The smallest absolute Gasteiger partial charge is 0.147 e. The van der Waals surface area contributed by atoms with Gasteiger partial charge in [0, 0.05) is 27.5 Å². The Morgan fingerprint density at radius 2 is 1.88 bits per heavy atom. The van der Waals surface area contributed by atoms with E-state index in [1.54, 1.807) is 12.1 Å². The van der Waals surface area contributed by atoms with E-state index in [4.69, 9.17) is 11.6 Å². The second-order valence-electron chi connectivity index (χ2n) is 3.98. The normalized spacial score (nSPS) is 12.8. The first-order valence-corrected chi connectivity index (χ1v) is 6.97. The first-order chi connectivity index (χ1) is 7.49. The van der Waals surface area contributed by atoms with Crippen molar-refractivity contribution < 1.29 is 9.00 Å². The average Bonchev–Trinajstić information content (AvgIpc) is 2.21. The predicted molar refractivity (Wildman–Crippen MR) is 68.0 cm³/mol. The van der Waals surface area contributed by atoms with Crippen molar-refractivity contribution in [2.75, 3.05) is 5.75 Å². The molecule has 0 saturated heterocycles. The summed E-state index contributed by atoms with van der Waals surface area (Å²) < 4.78 is 11.7. The van der Waals surface area contributed by atoms with Gasteiger partial charge in [-0.3, -0.25) is 9.00 Å². The first-order valence-electron chi connectivity index (χ1n) is 5.11. The molecule has 4 heteroatoms. The lowest BCUT2D eigenvalue weighted by Crippen LogP contribution is -2.17. The summed E-state index contributed by atoms with van der Waals surface area (Å²) in [5, 5.41) is 0.660. The first kappa shape index (κ1) is 13.4. The minimum absolute atomic E-state index is 0.0471. The van der Waals surface area contributed by atoms with Gasteiger partial charge in [0.25, 0.3) is 0 Å².